The fraction of sp³-hybridized carbons (Fsp3) is 0.500. The van der Waals surface area contributed by atoms with E-state index in [9.17, 15) is 14.7 Å². The van der Waals surface area contributed by atoms with Gasteiger partial charge >= 0.3 is 5.97 Å². The van der Waals surface area contributed by atoms with E-state index < -0.39 is 11.9 Å². The summed E-state index contributed by atoms with van der Waals surface area (Å²) in [4.78, 5) is 23.8. The maximum absolute atomic E-state index is 12.6. The number of anilines is 1. The number of amides is 1. The van der Waals surface area contributed by atoms with Crippen molar-refractivity contribution in [3.8, 4) is 5.69 Å². The Kier molecular flexibility index (Phi) is 4.82. The van der Waals surface area contributed by atoms with Gasteiger partial charge in [-0.1, -0.05) is 18.0 Å². The van der Waals surface area contributed by atoms with E-state index in [0.29, 0.717) is 41.6 Å². The summed E-state index contributed by atoms with van der Waals surface area (Å²) in [5.74, 6) is -0.603. The molecule has 4 rings (SSSR count). The van der Waals surface area contributed by atoms with Crippen molar-refractivity contribution in [1.29, 1.82) is 0 Å². The van der Waals surface area contributed by atoms with Crippen LogP contribution in [0.4, 0.5) is 5.69 Å². The van der Waals surface area contributed by atoms with Crippen LogP contribution in [0.25, 0.3) is 5.69 Å². The minimum atomic E-state index is -0.826. The summed E-state index contributed by atoms with van der Waals surface area (Å²) in [6.07, 6.45) is 4.57. The molecule has 2 N–H and O–H groups in total. The maximum atomic E-state index is 12.6. The Bertz CT molecular complexity index is 880. The van der Waals surface area contributed by atoms with Gasteiger partial charge in [-0.15, -0.1) is 5.10 Å². The lowest BCUT2D eigenvalue weighted by molar-refractivity contribution is -0.143. The van der Waals surface area contributed by atoms with Crippen molar-refractivity contribution in [1.82, 2.24) is 20.2 Å². The molecule has 0 radical (unpaired) electrons. The van der Waals surface area contributed by atoms with Gasteiger partial charge in [0, 0.05) is 17.5 Å². The quantitative estimate of drug-likeness (QED) is 0.813. The number of nitrogens with one attached hydrogen (secondary N) is 1. The monoisotopic (exact) mass is 389 g/mol. The van der Waals surface area contributed by atoms with E-state index in [-0.39, 0.29) is 11.8 Å². The highest BCUT2D eigenvalue weighted by Crippen LogP contribution is 2.40. The third kappa shape index (κ3) is 3.80. The van der Waals surface area contributed by atoms with E-state index in [1.165, 1.54) is 0 Å². The highest BCUT2D eigenvalue weighted by atomic mass is 35.5. The zero-order valence-electron chi connectivity index (χ0n) is 14.6. The number of aromatic nitrogens is 4. The lowest BCUT2D eigenvalue weighted by Gasteiger charge is -2.25. The molecule has 9 heteroatoms. The Hall–Kier alpha value is -2.48. The number of carboxylic acid groups (broad SMARTS) is 1. The third-order valence-electron chi connectivity index (χ3n) is 5.27. The van der Waals surface area contributed by atoms with Crippen molar-refractivity contribution in [3.63, 3.8) is 0 Å². The largest absolute Gasteiger partial charge is 0.481 e. The van der Waals surface area contributed by atoms with Crippen molar-refractivity contribution in [2.45, 2.75) is 44.4 Å². The molecule has 1 aromatic heterocycles. The summed E-state index contributed by atoms with van der Waals surface area (Å²) in [6.45, 7) is 0. The van der Waals surface area contributed by atoms with E-state index in [0.717, 1.165) is 25.1 Å². The number of benzene rings is 1. The van der Waals surface area contributed by atoms with Gasteiger partial charge in [0.1, 0.15) is 0 Å². The van der Waals surface area contributed by atoms with Gasteiger partial charge < -0.3 is 10.4 Å². The van der Waals surface area contributed by atoms with Crippen LogP contribution in [0.5, 0.6) is 0 Å². The fourth-order valence-electron chi connectivity index (χ4n) is 3.61. The molecule has 2 fully saturated rings. The molecule has 2 atom stereocenters. The van der Waals surface area contributed by atoms with E-state index in [2.05, 4.69) is 20.8 Å². The second-order valence-corrected chi connectivity index (χ2v) is 7.68. The lowest BCUT2D eigenvalue weighted by Crippen LogP contribution is -2.30. The summed E-state index contributed by atoms with van der Waals surface area (Å²) in [7, 11) is 0. The SMILES string of the molecule is O=C(O)C1CCCC(C(=O)Nc2ccc(Cl)c(-n3nnnc3C3CC3)c2)C1. The van der Waals surface area contributed by atoms with Crippen LogP contribution in [-0.2, 0) is 9.59 Å². The first-order chi connectivity index (χ1) is 13.0. The molecule has 1 aromatic carbocycles. The predicted molar refractivity (Wildman–Crippen MR) is 97.9 cm³/mol. The van der Waals surface area contributed by atoms with Crippen LogP contribution in [0.2, 0.25) is 5.02 Å². The van der Waals surface area contributed by atoms with Crippen LogP contribution >= 0.6 is 11.6 Å². The Morgan fingerprint density at radius 1 is 1.19 bits per heavy atom. The van der Waals surface area contributed by atoms with Gasteiger partial charge in [-0.3, -0.25) is 9.59 Å². The van der Waals surface area contributed by atoms with E-state index in [4.69, 9.17) is 11.6 Å². The molecular weight excluding hydrogens is 370 g/mol. The van der Waals surface area contributed by atoms with Crippen molar-refractivity contribution in [2.24, 2.45) is 11.8 Å². The Morgan fingerprint density at radius 2 is 1.96 bits per heavy atom. The van der Waals surface area contributed by atoms with E-state index in [1.54, 1.807) is 22.9 Å². The Balaban J connectivity index is 1.52. The molecule has 8 nitrogen and oxygen atoms in total. The normalized spacial score (nSPS) is 22.4. The van der Waals surface area contributed by atoms with Crippen LogP contribution < -0.4 is 5.32 Å². The highest BCUT2D eigenvalue weighted by molar-refractivity contribution is 6.32. The van der Waals surface area contributed by atoms with Crippen LogP contribution in [0.15, 0.2) is 18.2 Å². The summed E-state index contributed by atoms with van der Waals surface area (Å²) in [5.41, 5.74) is 1.21. The topological polar surface area (TPSA) is 110 Å². The molecule has 0 aliphatic heterocycles. The second-order valence-electron chi connectivity index (χ2n) is 7.28. The minimum Gasteiger partial charge on any atom is -0.481 e. The molecule has 1 heterocycles. The molecule has 2 saturated carbocycles. The molecule has 2 aliphatic carbocycles. The number of tetrazole rings is 1. The van der Waals surface area contributed by atoms with E-state index in [1.807, 2.05) is 0 Å². The van der Waals surface area contributed by atoms with Crippen molar-refractivity contribution in [3.05, 3.63) is 29.0 Å². The van der Waals surface area contributed by atoms with Crippen molar-refractivity contribution >= 4 is 29.2 Å². The van der Waals surface area contributed by atoms with Crippen LogP contribution in [0.1, 0.15) is 50.3 Å². The van der Waals surface area contributed by atoms with Gasteiger partial charge in [0.15, 0.2) is 5.82 Å². The number of hydrogen-bond acceptors (Lipinski definition) is 5. The first-order valence-corrected chi connectivity index (χ1v) is 9.52. The minimum absolute atomic E-state index is 0.159. The molecule has 27 heavy (non-hydrogen) atoms. The average Bonchev–Trinajstić information content (AvgIpc) is 3.40. The van der Waals surface area contributed by atoms with Gasteiger partial charge in [0.05, 0.1) is 16.6 Å². The Labute approximate surface area is 160 Å². The number of carboxylic acids is 1. The summed E-state index contributed by atoms with van der Waals surface area (Å²) < 4.78 is 1.62. The van der Waals surface area contributed by atoms with Gasteiger partial charge in [0.25, 0.3) is 0 Å². The first kappa shape index (κ1) is 17.9. The zero-order valence-corrected chi connectivity index (χ0v) is 15.4. The van der Waals surface area contributed by atoms with Crippen LogP contribution in [0.3, 0.4) is 0 Å². The number of hydrogen-bond donors (Lipinski definition) is 2. The van der Waals surface area contributed by atoms with Crippen LogP contribution in [0, 0.1) is 11.8 Å². The molecule has 0 bridgehead atoms. The Morgan fingerprint density at radius 3 is 2.70 bits per heavy atom. The first-order valence-electron chi connectivity index (χ1n) is 9.15. The fourth-order valence-corrected chi connectivity index (χ4v) is 3.81. The smallest absolute Gasteiger partial charge is 0.306 e. The molecule has 2 aliphatic rings. The van der Waals surface area contributed by atoms with Crippen molar-refractivity contribution < 1.29 is 14.7 Å². The standard InChI is InChI=1S/C18H20ClN5O3/c19-14-7-6-13(9-15(14)24-16(10-4-5-10)21-22-23-24)20-17(25)11-2-1-3-12(8-11)18(26)27/h6-7,9-12H,1-5,8H2,(H,20,25)(H,26,27). The number of carbonyl (C=O) groups excluding carboxylic acids is 1. The lowest BCUT2D eigenvalue weighted by atomic mass is 9.81. The summed E-state index contributed by atoms with van der Waals surface area (Å²) in [6, 6.07) is 5.17. The number of aliphatic carboxylic acids is 1. The average molecular weight is 390 g/mol. The van der Waals surface area contributed by atoms with Gasteiger partial charge in [-0.2, -0.15) is 4.68 Å². The van der Waals surface area contributed by atoms with E-state index >= 15 is 0 Å². The second kappa shape index (κ2) is 7.26. The number of rotatable bonds is 5. The molecule has 0 spiro atoms. The zero-order chi connectivity index (χ0) is 19.0. The molecule has 142 valence electrons. The number of carbonyl (C=O) groups is 2. The molecule has 0 saturated heterocycles. The molecular formula is C18H20ClN5O3. The number of halogens is 1. The maximum Gasteiger partial charge on any atom is 0.306 e. The van der Waals surface area contributed by atoms with Crippen molar-refractivity contribution in [2.75, 3.05) is 5.32 Å². The highest BCUT2D eigenvalue weighted by Gasteiger charge is 2.32. The number of nitrogens with zero attached hydrogens (tertiary/aromatic N) is 4. The summed E-state index contributed by atoms with van der Waals surface area (Å²) >= 11 is 6.33. The molecule has 1 amide bonds. The molecule has 2 aromatic rings. The summed E-state index contributed by atoms with van der Waals surface area (Å²) in [5, 5.41) is 24.5. The van der Waals surface area contributed by atoms with Gasteiger partial charge in [-0.05, 0) is 60.7 Å². The predicted octanol–water partition coefficient (Wildman–Crippen LogP) is 3.02. The van der Waals surface area contributed by atoms with Crippen LogP contribution in [-0.4, -0.2) is 37.2 Å². The third-order valence-corrected chi connectivity index (χ3v) is 5.59. The molecule has 2 unspecified atom stereocenters. The van der Waals surface area contributed by atoms with Gasteiger partial charge in [-0.25, -0.2) is 0 Å². The van der Waals surface area contributed by atoms with Gasteiger partial charge in [0.2, 0.25) is 5.91 Å².